The van der Waals surface area contributed by atoms with Crippen molar-refractivity contribution in [3.8, 4) is 17.8 Å². The summed E-state index contributed by atoms with van der Waals surface area (Å²) in [7, 11) is 1.50. The fourth-order valence-corrected chi connectivity index (χ4v) is 2.50. The van der Waals surface area contributed by atoms with E-state index >= 15 is 0 Å². The van der Waals surface area contributed by atoms with E-state index in [2.05, 4.69) is 22.1 Å². The second kappa shape index (κ2) is 11.6. The maximum absolute atomic E-state index is 12.0. The van der Waals surface area contributed by atoms with Crippen LogP contribution < -0.4 is 10.1 Å². The van der Waals surface area contributed by atoms with Gasteiger partial charge in [0.15, 0.2) is 6.61 Å². The summed E-state index contributed by atoms with van der Waals surface area (Å²) in [5.41, 5.74) is 2.18. The Morgan fingerprint density at radius 2 is 1.78 bits per heavy atom. The molecule has 1 unspecified atom stereocenters. The maximum Gasteiger partial charge on any atom is 0.248 e. The summed E-state index contributed by atoms with van der Waals surface area (Å²) in [6, 6.07) is 17.4. The zero-order chi connectivity index (χ0) is 19.3. The van der Waals surface area contributed by atoms with Gasteiger partial charge in [0, 0.05) is 6.54 Å². The second-order valence-corrected chi connectivity index (χ2v) is 6.00. The highest BCUT2D eigenvalue weighted by molar-refractivity contribution is 5.80. The van der Waals surface area contributed by atoms with Gasteiger partial charge in [-0.15, -0.1) is 0 Å². The number of nitrogens with one attached hydrogen (secondary N) is 1. The number of hydrogen-bond donors (Lipinski definition) is 2. The summed E-state index contributed by atoms with van der Waals surface area (Å²) in [5, 5.41) is 12.8. The molecule has 0 aliphatic heterocycles. The Bertz CT molecular complexity index is 747. The molecule has 2 aromatic carbocycles. The van der Waals surface area contributed by atoms with Gasteiger partial charge in [-0.1, -0.05) is 42.5 Å². The highest BCUT2D eigenvalue weighted by Gasteiger charge is 2.14. The smallest absolute Gasteiger partial charge is 0.248 e. The molecule has 142 valence electrons. The highest BCUT2D eigenvalue weighted by Crippen LogP contribution is 2.12. The van der Waals surface area contributed by atoms with Gasteiger partial charge in [-0.25, -0.2) is 0 Å². The minimum Gasteiger partial charge on any atom is -0.481 e. The Morgan fingerprint density at radius 1 is 1.07 bits per heavy atom. The van der Waals surface area contributed by atoms with Crippen LogP contribution in [0.4, 0.5) is 0 Å². The molecule has 0 saturated heterocycles. The number of carbonyl (C=O) groups is 1. The van der Waals surface area contributed by atoms with Gasteiger partial charge in [0.25, 0.3) is 0 Å². The van der Waals surface area contributed by atoms with Crippen molar-refractivity contribution in [1.82, 2.24) is 5.32 Å². The molecule has 0 fully saturated rings. The molecule has 0 aliphatic carbocycles. The van der Waals surface area contributed by atoms with E-state index < -0.39 is 6.10 Å². The van der Waals surface area contributed by atoms with Crippen LogP contribution in [0.25, 0.3) is 0 Å². The lowest BCUT2D eigenvalue weighted by atomic mass is 10.1. The third-order valence-electron chi connectivity index (χ3n) is 3.97. The zero-order valence-electron chi connectivity index (χ0n) is 15.5. The molecule has 0 spiro atoms. The molecule has 2 N–H and O–H groups in total. The number of aliphatic hydroxyl groups is 1. The molecule has 0 heterocycles. The van der Waals surface area contributed by atoms with E-state index in [1.807, 2.05) is 54.6 Å². The van der Waals surface area contributed by atoms with Gasteiger partial charge < -0.3 is 19.9 Å². The van der Waals surface area contributed by atoms with Crippen LogP contribution in [-0.4, -0.2) is 37.4 Å². The Labute approximate surface area is 160 Å². The first-order valence-electron chi connectivity index (χ1n) is 8.91. The van der Waals surface area contributed by atoms with E-state index in [4.69, 9.17) is 4.74 Å². The van der Waals surface area contributed by atoms with Gasteiger partial charge in [0.2, 0.25) is 5.91 Å². The van der Waals surface area contributed by atoms with Gasteiger partial charge >= 0.3 is 0 Å². The van der Waals surface area contributed by atoms with E-state index in [-0.39, 0.29) is 12.5 Å². The van der Waals surface area contributed by atoms with Crippen LogP contribution >= 0.6 is 0 Å². The van der Waals surface area contributed by atoms with Gasteiger partial charge in [0.1, 0.15) is 18.0 Å². The second-order valence-electron chi connectivity index (χ2n) is 6.00. The van der Waals surface area contributed by atoms with Gasteiger partial charge in [-0.05, 0) is 48.4 Å². The number of aryl methyl sites for hydroxylation is 1. The van der Waals surface area contributed by atoms with Crippen LogP contribution in [0.15, 0.2) is 54.6 Å². The summed E-state index contributed by atoms with van der Waals surface area (Å²) in [6.07, 6.45) is 3.23. The van der Waals surface area contributed by atoms with Crippen molar-refractivity contribution in [2.45, 2.75) is 25.4 Å². The number of amides is 1. The molecule has 5 nitrogen and oxygen atoms in total. The number of hydrogen-bond acceptors (Lipinski definition) is 4. The first-order valence-corrected chi connectivity index (χ1v) is 8.91. The lowest BCUT2D eigenvalue weighted by Crippen LogP contribution is -2.36. The molecule has 0 saturated carbocycles. The van der Waals surface area contributed by atoms with Crippen LogP contribution in [0.5, 0.6) is 5.75 Å². The van der Waals surface area contributed by atoms with Crippen molar-refractivity contribution < 1.29 is 19.4 Å². The van der Waals surface area contributed by atoms with Gasteiger partial charge in [-0.2, -0.15) is 0 Å². The molecule has 1 amide bonds. The normalized spacial score (nSPS) is 11.0. The number of rotatable bonds is 9. The third kappa shape index (κ3) is 7.85. The van der Waals surface area contributed by atoms with Gasteiger partial charge in [-0.3, -0.25) is 4.79 Å². The van der Waals surface area contributed by atoms with E-state index in [0.717, 1.165) is 16.9 Å². The molecular formula is C22H25NO4. The first kappa shape index (κ1) is 20.3. The van der Waals surface area contributed by atoms with E-state index in [9.17, 15) is 9.90 Å². The van der Waals surface area contributed by atoms with Crippen LogP contribution in [0.3, 0.4) is 0 Å². The Balaban J connectivity index is 1.66. The van der Waals surface area contributed by atoms with Crippen molar-refractivity contribution in [2.75, 3.05) is 20.3 Å². The number of benzene rings is 2. The summed E-state index contributed by atoms with van der Waals surface area (Å²) in [5.74, 6) is 3.11. The fourth-order valence-electron chi connectivity index (χ4n) is 2.50. The van der Waals surface area contributed by atoms with E-state index in [1.54, 1.807) is 0 Å². The predicted octanol–water partition coefficient (Wildman–Crippen LogP) is 2.33. The van der Waals surface area contributed by atoms with Crippen LogP contribution in [-0.2, 0) is 22.4 Å². The minimum absolute atomic E-state index is 0.268. The van der Waals surface area contributed by atoms with E-state index in [1.165, 1.54) is 7.11 Å². The van der Waals surface area contributed by atoms with Crippen molar-refractivity contribution in [3.63, 3.8) is 0 Å². The molecule has 0 radical (unpaired) electrons. The molecular weight excluding hydrogens is 342 g/mol. The highest BCUT2D eigenvalue weighted by atomic mass is 16.5. The predicted molar refractivity (Wildman–Crippen MR) is 104 cm³/mol. The molecule has 2 rings (SSSR count). The van der Waals surface area contributed by atoms with Crippen LogP contribution in [0, 0.1) is 12.0 Å². The Morgan fingerprint density at radius 3 is 2.48 bits per heavy atom. The van der Waals surface area contributed by atoms with Crippen molar-refractivity contribution >= 4 is 5.91 Å². The average Bonchev–Trinajstić information content (AvgIpc) is 2.71. The molecule has 2 aromatic rings. The lowest BCUT2D eigenvalue weighted by molar-refractivity contribution is -0.129. The number of carbonyl (C=O) groups excluding carboxylic acids is 1. The summed E-state index contributed by atoms with van der Waals surface area (Å²) in [6.45, 7) is 0.741. The topological polar surface area (TPSA) is 67.8 Å². The Hall–Kier alpha value is -2.97. The zero-order valence-corrected chi connectivity index (χ0v) is 15.5. The largest absolute Gasteiger partial charge is 0.481 e. The quantitative estimate of drug-likeness (QED) is 0.668. The molecule has 27 heavy (non-hydrogen) atoms. The molecule has 0 aromatic heterocycles. The standard InChI is InChI=1S/C22H25NO4/c1-26-16-5-17-27-20-11-8-19(9-12-20)14-15-23-22(25)21(24)13-10-18-6-3-2-4-7-18/h2-4,6-9,11-12,21,24H,10,13-15,17H2,1H3,(H,23,25). The Kier molecular flexibility index (Phi) is 8.75. The van der Waals surface area contributed by atoms with Gasteiger partial charge in [0.05, 0.1) is 7.11 Å². The maximum atomic E-state index is 12.0. The number of aliphatic hydroxyl groups excluding tert-OH is 1. The summed E-state index contributed by atoms with van der Waals surface area (Å²) >= 11 is 0. The SMILES string of the molecule is COC#CCOc1ccc(CCNC(=O)C(O)CCc2ccccc2)cc1. The number of methoxy groups -OCH3 is 1. The number of ether oxygens (including phenoxy) is 2. The van der Waals surface area contributed by atoms with Crippen molar-refractivity contribution in [2.24, 2.45) is 0 Å². The van der Waals surface area contributed by atoms with Crippen molar-refractivity contribution in [1.29, 1.82) is 0 Å². The summed E-state index contributed by atoms with van der Waals surface area (Å²) < 4.78 is 10.1. The van der Waals surface area contributed by atoms with Crippen molar-refractivity contribution in [3.05, 3.63) is 65.7 Å². The molecule has 5 heteroatoms. The first-order chi connectivity index (χ1) is 13.2. The molecule has 1 atom stereocenters. The molecule has 0 bridgehead atoms. The van der Waals surface area contributed by atoms with Crippen LogP contribution in [0.1, 0.15) is 17.5 Å². The lowest BCUT2D eigenvalue weighted by Gasteiger charge is -2.11. The third-order valence-corrected chi connectivity index (χ3v) is 3.97. The summed E-state index contributed by atoms with van der Waals surface area (Å²) in [4.78, 5) is 12.0. The van der Waals surface area contributed by atoms with Crippen LogP contribution in [0.2, 0.25) is 0 Å². The minimum atomic E-state index is -0.991. The fraction of sp³-hybridized carbons (Fsp3) is 0.318. The average molecular weight is 367 g/mol. The van der Waals surface area contributed by atoms with E-state index in [0.29, 0.717) is 25.8 Å². The molecule has 0 aliphatic rings. The monoisotopic (exact) mass is 367 g/mol.